The zero-order valence-electron chi connectivity index (χ0n) is 12.9. The van der Waals surface area contributed by atoms with Crippen LogP contribution in [0.1, 0.15) is 5.56 Å². The van der Waals surface area contributed by atoms with E-state index in [0.29, 0.717) is 28.4 Å². The molecule has 126 valence electrons. The molecule has 0 radical (unpaired) electrons. The lowest BCUT2D eigenvalue weighted by Crippen LogP contribution is -2.09. The Morgan fingerprint density at radius 3 is 2.75 bits per heavy atom. The fraction of sp³-hybridized carbons (Fsp3) is 0.118. The van der Waals surface area contributed by atoms with Gasteiger partial charge in [-0.25, -0.2) is 0 Å². The second-order valence-electron chi connectivity index (χ2n) is 4.97. The standard InChI is InChI=1S/C17H19N3O4/c18-12-2-5-15(22)11(9-12)1-6-17(23)20-13-3-4-14(19)16(10-13)24-8-7-21/h1-6,9-10,21-22H,7-8,18-19H2,(H,20,23). The second kappa shape index (κ2) is 7.89. The van der Waals surface area contributed by atoms with Crippen molar-refractivity contribution in [1.29, 1.82) is 0 Å². The molecule has 7 heteroatoms. The van der Waals surface area contributed by atoms with E-state index in [1.807, 2.05) is 0 Å². The third kappa shape index (κ3) is 4.65. The van der Waals surface area contributed by atoms with Crippen molar-refractivity contribution < 1.29 is 19.7 Å². The van der Waals surface area contributed by atoms with E-state index in [2.05, 4.69) is 5.32 Å². The van der Waals surface area contributed by atoms with Crippen LogP contribution in [0.25, 0.3) is 6.08 Å². The lowest BCUT2D eigenvalue weighted by molar-refractivity contribution is -0.111. The van der Waals surface area contributed by atoms with Gasteiger partial charge < -0.3 is 31.7 Å². The number of nitrogen functional groups attached to an aromatic ring is 2. The molecule has 0 saturated carbocycles. The highest BCUT2D eigenvalue weighted by Crippen LogP contribution is 2.25. The molecule has 7 nitrogen and oxygen atoms in total. The Balaban J connectivity index is 2.06. The van der Waals surface area contributed by atoms with Crippen LogP contribution < -0.4 is 21.5 Å². The van der Waals surface area contributed by atoms with Crippen LogP contribution in [0.4, 0.5) is 17.1 Å². The molecular formula is C17H19N3O4. The van der Waals surface area contributed by atoms with Crippen LogP contribution in [0.3, 0.4) is 0 Å². The van der Waals surface area contributed by atoms with E-state index < -0.39 is 5.91 Å². The maximum absolute atomic E-state index is 12.0. The van der Waals surface area contributed by atoms with E-state index in [-0.39, 0.29) is 19.0 Å². The van der Waals surface area contributed by atoms with Crippen LogP contribution in [0.2, 0.25) is 0 Å². The number of nitrogens with two attached hydrogens (primary N) is 2. The number of phenolic OH excluding ortho intramolecular Hbond substituents is 1. The molecule has 0 aromatic heterocycles. The monoisotopic (exact) mass is 329 g/mol. The Morgan fingerprint density at radius 2 is 2.00 bits per heavy atom. The molecular weight excluding hydrogens is 310 g/mol. The summed E-state index contributed by atoms with van der Waals surface area (Å²) in [6, 6.07) is 9.37. The number of carbonyl (C=O) groups excluding carboxylic acids is 1. The van der Waals surface area contributed by atoms with Gasteiger partial charge in [-0.15, -0.1) is 0 Å². The molecule has 0 atom stereocenters. The average Bonchev–Trinajstić information content (AvgIpc) is 2.56. The van der Waals surface area contributed by atoms with Gasteiger partial charge in [0, 0.05) is 29.1 Å². The van der Waals surface area contributed by atoms with Crippen LogP contribution in [0, 0.1) is 0 Å². The minimum absolute atomic E-state index is 0.0282. The zero-order valence-corrected chi connectivity index (χ0v) is 12.9. The number of nitrogens with one attached hydrogen (secondary N) is 1. The van der Waals surface area contributed by atoms with Crippen LogP contribution in [0.5, 0.6) is 11.5 Å². The van der Waals surface area contributed by atoms with Crippen molar-refractivity contribution in [3.8, 4) is 11.5 Å². The van der Waals surface area contributed by atoms with Crippen LogP contribution in [-0.2, 0) is 4.79 Å². The van der Waals surface area contributed by atoms with E-state index in [1.54, 1.807) is 30.3 Å². The van der Waals surface area contributed by atoms with Gasteiger partial charge in [0.1, 0.15) is 18.1 Å². The van der Waals surface area contributed by atoms with Crippen LogP contribution >= 0.6 is 0 Å². The van der Waals surface area contributed by atoms with Crippen molar-refractivity contribution in [2.24, 2.45) is 0 Å². The highest BCUT2D eigenvalue weighted by molar-refractivity contribution is 6.02. The first kappa shape index (κ1) is 17.2. The number of rotatable bonds is 6. The molecule has 0 spiro atoms. The minimum Gasteiger partial charge on any atom is -0.507 e. The Morgan fingerprint density at radius 1 is 1.21 bits per heavy atom. The SMILES string of the molecule is Nc1ccc(O)c(C=CC(=O)Nc2ccc(N)c(OCCO)c2)c1. The molecule has 0 aliphatic carbocycles. The number of ether oxygens (including phenoxy) is 1. The number of aromatic hydroxyl groups is 1. The molecule has 1 amide bonds. The molecule has 2 aromatic carbocycles. The summed E-state index contributed by atoms with van der Waals surface area (Å²) in [5.74, 6) is 0.00874. The molecule has 0 saturated heterocycles. The van der Waals surface area contributed by atoms with Crippen molar-refractivity contribution >= 4 is 29.0 Å². The summed E-state index contributed by atoms with van der Waals surface area (Å²) < 4.78 is 5.28. The fourth-order valence-electron chi connectivity index (χ4n) is 1.95. The first-order valence-electron chi connectivity index (χ1n) is 7.20. The molecule has 0 bridgehead atoms. The van der Waals surface area contributed by atoms with Gasteiger partial charge in [0.25, 0.3) is 0 Å². The number of amides is 1. The van der Waals surface area contributed by atoms with E-state index >= 15 is 0 Å². The lowest BCUT2D eigenvalue weighted by atomic mass is 10.1. The van der Waals surface area contributed by atoms with Gasteiger partial charge in [0.05, 0.1) is 12.3 Å². The Kier molecular flexibility index (Phi) is 5.64. The van der Waals surface area contributed by atoms with E-state index in [0.717, 1.165) is 0 Å². The van der Waals surface area contributed by atoms with Crippen molar-refractivity contribution in [3.63, 3.8) is 0 Å². The Hall–Kier alpha value is -3.19. The molecule has 2 rings (SSSR count). The maximum atomic E-state index is 12.0. The van der Waals surface area contributed by atoms with E-state index in [4.69, 9.17) is 21.3 Å². The molecule has 0 unspecified atom stereocenters. The first-order chi connectivity index (χ1) is 11.5. The summed E-state index contributed by atoms with van der Waals surface area (Å²) in [5.41, 5.74) is 13.2. The fourth-order valence-corrected chi connectivity index (χ4v) is 1.95. The van der Waals surface area contributed by atoms with Gasteiger partial charge in [-0.2, -0.15) is 0 Å². The third-order valence-corrected chi connectivity index (χ3v) is 3.10. The summed E-state index contributed by atoms with van der Waals surface area (Å²) in [7, 11) is 0. The van der Waals surface area contributed by atoms with Gasteiger partial charge in [-0.3, -0.25) is 4.79 Å². The molecule has 7 N–H and O–H groups in total. The second-order valence-corrected chi connectivity index (χ2v) is 4.97. The average molecular weight is 329 g/mol. The Bertz CT molecular complexity index is 759. The molecule has 0 fully saturated rings. The number of aliphatic hydroxyl groups is 1. The minimum atomic E-state index is -0.394. The lowest BCUT2D eigenvalue weighted by Gasteiger charge is -2.10. The topological polar surface area (TPSA) is 131 Å². The number of hydrogen-bond donors (Lipinski definition) is 5. The quantitative estimate of drug-likeness (QED) is 0.311. The Labute approximate surface area is 139 Å². The van der Waals surface area contributed by atoms with Gasteiger partial charge >= 0.3 is 0 Å². The number of aliphatic hydroxyl groups excluding tert-OH is 1. The number of phenols is 1. The molecule has 0 aliphatic rings. The summed E-state index contributed by atoms with van der Waals surface area (Å²) in [5, 5.41) is 21.1. The highest BCUT2D eigenvalue weighted by atomic mass is 16.5. The van der Waals surface area contributed by atoms with Gasteiger partial charge in [0.15, 0.2) is 0 Å². The summed E-state index contributed by atoms with van der Waals surface area (Å²) in [6.07, 6.45) is 2.74. The van der Waals surface area contributed by atoms with Crippen molar-refractivity contribution in [1.82, 2.24) is 0 Å². The van der Waals surface area contributed by atoms with Gasteiger partial charge in [-0.1, -0.05) is 0 Å². The third-order valence-electron chi connectivity index (χ3n) is 3.10. The normalized spacial score (nSPS) is 10.7. The summed E-state index contributed by atoms with van der Waals surface area (Å²) in [6.45, 7) is -0.0291. The van der Waals surface area contributed by atoms with Gasteiger partial charge in [-0.05, 0) is 36.4 Å². The number of benzene rings is 2. The summed E-state index contributed by atoms with van der Waals surface area (Å²) >= 11 is 0. The predicted octanol–water partition coefficient (Wildman–Crippen LogP) is 1.58. The highest BCUT2D eigenvalue weighted by Gasteiger charge is 2.05. The number of carbonyl (C=O) groups is 1. The summed E-state index contributed by atoms with van der Waals surface area (Å²) in [4.78, 5) is 12.0. The first-order valence-corrected chi connectivity index (χ1v) is 7.20. The molecule has 0 aliphatic heterocycles. The van der Waals surface area contributed by atoms with E-state index in [9.17, 15) is 9.90 Å². The van der Waals surface area contributed by atoms with E-state index in [1.165, 1.54) is 18.2 Å². The number of anilines is 3. The molecule has 0 heterocycles. The zero-order chi connectivity index (χ0) is 17.5. The van der Waals surface area contributed by atoms with Crippen molar-refractivity contribution in [3.05, 3.63) is 48.0 Å². The maximum Gasteiger partial charge on any atom is 0.248 e. The van der Waals surface area contributed by atoms with Gasteiger partial charge in [0.2, 0.25) is 5.91 Å². The smallest absolute Gasteiger partial charge is 0.248 e. The van der Waals surface area contributed by atoms with Crippen LogP contribution in [-0.4, -0.2) is 29.3 Å². The number of hydrogen-bond acceptors (Lipinski definition) is 6. The van der Waals surface area contributed by atoms with Crippen LogP contribution in [0.15, 0.2) is 42.5 Å². The predicted molar refractivity (Wildman–Crippen MR) is 93.6 cm³/mol. The van der Waals surface area contributed by atoms with Crippen molar-refractivity contribution in [2.75, 3.05) is 30.0 Å². The molecule has 24 heavy (non-hydrogen) atoms. The largest absolute Gasteiger partial charge is 0.507 e. The van der Waals surface area contributed by atoms with Crippen molar-refractivity contribution in [2.45, 2.75) is 0 Å². The molecule has 2 aromatic rings.